The van der Waals surface area contributed by atoms with Crippen molar-refractivity contribution in [2.75, 3.05) is 19.8 Å². The van der Waals surface area contributed by atoms with Crippen molar-refractivity contribution >= 4 is 0 Å². The molecule has 1 aromatic rings. The van der Waals surface area contributed by atoms with Gasteiger partial charge in [0.15, 0.2) is 0 Å². The second-order valence-corrected chi connectivity index (χ2v) is 5.22. The van der Waals surface area contributed by atoms with Gasteiger partial charge in [0.25, 0.3) is 0 Å². The van der Waals surface area contributed by atoms with E-state index in [2.05, 4.69) is 12.2 Å². The lowest BCUT2D eigenvalue weighted by Gasteiger charge is -2.29. The molecule has 3 heteroatoms. The van der Waals surface area contributed by atoms with E-state index in [0.717, 1.165) is 38.2 Å². The molecule has 1 heterocycles. The van der Waals surface area contributed by atoms with Crippen LogP contribution in [0.4, 0.5) is 4.39 Å². The maximum absolute atomic E-state index is 13.0. The van der Waals surface area contributed by atoms with Crippen LogP contribution in [0.5, 0.6) is 0 Å². The minimum absolute atomic E-state index is 0.151. The van der Waals surface area contributed by atoms with Crippen molar-refractivity contribution in [2.45, 2.75) is 32.7 Å². The first-order chi connectivity index (χ1) is 8.66. The first kappa shape index (κ1) is 13.5. The molecule has 1 aliphatic rings. The number of benzene rings is 1. The van der Waals surface area contributed by atoms with E-state index < -0.39 is 0 Å². The van der Waals surface area contributed by atoms with E-state index in [1.165, 1.54) is 5.56 Å². The average Bonchev–Trinajstić information content (AvgIpc) is 2.34. The Labute approximate surface area is 109 Å². The van der Waals surface area contributed by atoms with Gasteiger partial charge in [-0.1, -0.05) is 13.0 Å². The molecule has 18 heavy (non-hydrogen) atoms. The minimum atomic E-state index is -0.151. The Morgan fingerprint density at radius 3 is 3.00 bits per heavy atom. The molecular weight excluding hydrogens is 229 g/mol. The van der Waals surface area contributed by atoms with Gasteiger partial charge >= 0.3 is 0 Å². The topological polar surface area (TPSA) is 21.3 Å². The van der Waals surface area contributed by atoms with E-state index in [4.69, 9.17) is 4.74 Å². The lowest BCUT2D eigenvalue weighted by atomic mass is 9.97. The normalized spacial score (nSPS) is 24.2. The van der Waals surface area contributed by atoms with Crippen LogP contribution in [-0.4, -0.2) is 25.8 Å². The van der Waals surface area contributed by atoms with Crippen molar-refractivity contribution in [1.29, 1.82) is 0 Å². The number of hydrogen-bond acceptors (Lipinski definition) is 2. The molecule has 0 amide bonds. The number of nitrogens with one attached hydrogen (secondary N) is 1. The van der Waals surface area contributed by atoms with Gasteiger partial charge in [-0.3, -0.25) is 0 Å². The molecule has 1 saturated heterocycles. The van der Waals surface area contributed by atoms with E-state index in [0.29, 0.717) is 12.0 Å². The van der Waals surface area contributed by atoms with E-state index in [9.17, 15) is 4.39 Å². The average molecular weight is 251 g/mol. The molecule has 1 fully saturated rings. The summed E-state index contributed by atoms with van der Waals surface area (Å²) in [6.07, 6.45) is 2.04. The van der Waals surface area contributed by atoms with Crippen LogP contribution in [0.2, 0.25) is 0 Å². The van der Waals surface area contributed by atoms with E-state index in [-0.39, 0.29) is 5.82 Å². The highest BCUT2D eigenvalue weighted by Gasteiger charge is 2.20. The molecule has 100 valence electrons. The summed E-state index contributed by atoms with van der Waals surface area (Å²) in [5.41, 5.74) is 2.26. The second kappa shape index (κ2) is 6.30. The molecule has 0 bridgehead atoms. The molecule has 0 radical (unpaired) electrons. The Kier molecular flexibility index (Phi) is 4.72. The van der Waals surface area contributed by atoms with Crippen LogP contribution in [0.3, 0.4) is 0 Å². The lowest BCUT2D eigenvalue weighted by molar-refractivity contribution is 0.0393. The molecule has 2 atom stereocenters. The van der Waals surface area contributed by atoms with Crippen molar-refractivity contribution in [1.82, 2.24) is 5.32 Å². The number of hydrogen-bond donors (Lipinski definition) is 1. The fourth-order valence-electron chi connectivity index (χ4n) is 2.52. The van der Waals surface area contributed by atoms with E-state index in [1.54, 1.807) is 12.1 Å². The summed E-state index contributed by atoms with van der Waals surface area (Å²) in [6.45, 7) is 6.85. The predicted octanol–water partition coefficient (Wildman–Crippen LogP) is 2.69. The monoisotopic (exact) mass is 251 g/mol. The van der Waals surface area contributed by atoms with Gasteiger partial charge in [-0.15, -0.1) is 0 Å². The molecule has 1 aliphatic heterocycles. The van der Waals surface area contributed by atoms with Gasteiger partial charge in [0.05, 0.1) is 6.61 Å². The molecule has 1 N–H and O–H groups in total. The number of ether oxygens (including phenoxy) is 1. The van der Waals surface area contributed by atoms with Crippen molar-refractivity contribution < 1.29 is 9.13 Å². The Balaban J connectivity index is 1.81. The van der Waals surface area contributed by atoms with Crippen LogP contribution >= 0.6 is 0 Å². The first-order valence-electron chi connectivity index (χ1n) is 6.73. The van der Waals surface area contributed by atoms with Gasteiger partial charge in [-0.25, -0.2) is 4.39 Å². The third-order valence-electron chi connectivity index (χ3n) is 3.75. The summed E-state index contributed by atoms with van der Waals surface area (Å²) in [6, 6.07) is 5.59. The third kappa shape index (κ3) is 3.53. The second-order valence-electron chi connectivity index (χ2n) is 5.22. The first-order valence-corrected chi connectivity index (χ1v) is 6.73. The highest BCUT2D eigenvalue weighted by atomic mass is 19.1. The Hall–Kier alpha value is -0.930. The predicted molar refractivity (Wildman–Crippen MR) is 71.2 cm³/mol. The van der Waals surface area contributed by atoms with Crippen LogP contribution in [0.1, 0.15) is 24.5 Å². The summed E-state index contributed by atoms with van der Waals surface area (Å²) in [5.74, 6) is 0.426. The van der Waals surface area contributed by atoms with Crippen molar-refractivity contribution in [3.63, 3.8) is 0 Å². The Morgan fingerprint density at radius 1 is 1.44 bits per heavy atom. The van der Waals surface area contributed by atoms with Gasteiger partial charge in [0.2, 0.25) is 0 Å². The highest BCUT2D eigenvalue weighted by molar-refractivity contribution is 5.26. The van der Waals surface area contributed by atoms with Crippen LogP contribution < -0.4 is 5.32 Å². The van der Waals surface area contributed by atoms with Crippen molar-refractivity contribution in [3.05, 3.63) is 35.1 Å². The fourth-order valence-corrected chi connectivity index (χ4v) is 2.52. The highest BCUT2D eigenvalue weighted by Crippen LogP contribution is 2.14. The van der Waals surface area contributed by atoms with Crippen LogP contribution in [-0.2, 0) is 11.2 Å². The largest absolute Gasteiger partial charge is 0.381 e. The summed E-state index contributed by atoms with van der Waals surface area (Å²) >= 11 is 0. The van der Waals surface area contributed by atoms with Crippen LogP contribution in [0.25, 0.3) is 0 Å². The zero-order valence-corrected chi connectivity index (χ0v) is 11.2. The smallest absolute Gasteiger partial charge is 0.123 e. The summed E-state index contributed by atoms with van der Waals surface area (Å²) in [5, 5.41) is 3.59. The van der Waals surface area contributed by atoms with E-state index in [1.807, 2.05) is 13.0 Å². The Bertz CT molecular complexity index is 394. The third-order valence-corrected chi connectivity index (χ3v) is 3.75. The fraction of sp³-hybridized carbons (Fsp3) is 0.600. The Morgan fingerprint density at radius 2 is 2.28 bits per heavy atom. The van der Waals surface area contributed by atoms with Gasteiger partial charge < -0.3 is 10.1 Å². The van der Waals surface area contributed by atoms with Crippen LogP contribution in [0.15, 0.2) is 18.2 Å². The SMILES string of the molecule is Cc1cc(F)ccc1CCNC1CCOCC1C. The maximum atomic E-state index is 13.0. The number of rotatable bonds is 4. The zero-order chi connectivity index (χ0) is 13.0. The van der Waals surface area contributed by atoms with Gasteiger partial charge in [-0.2, -0.15) is 0 Å². The standard InChI is InChI=1S/C15H22FNO/c1-11-9-14(16)4-3-13(11)5-7-17-15-6-8-18-10-12(15)2/h3-4,9,12,15,17H,5-8,10H2,1-2H3. The molecule has 0 aliphatic carbocycles. The zero-order valence-electron chi connectivity index (χ0n) is 11.2. The van der Waals surface area contributed by atoms with Gasteiger partial charge in [-0.05, 0) is 55.5 Å². The molecule has 2 unspecified atom stereocenters. The molecule has 2 nitrogen and oxygen atoms in total. The van der Waals surface area contributed by atoms with Gasteiger partial charge in [0, 0.05) is 12.6 Å². The molecule has 0 spiro atoms. The summed E-state index contributed by atoms with van der Waals surface area (Å²) in [7, 11) is 0. The molecule has 2 rings (SSSR count). The van der Waals surface area contributed by atoms with Crippen molar-refractivity contribution in [2.24, 2.45) is 5.92 Å². The van der Waals surface area contributed by atoms with Gasteiger partial charge in [0.1, 0.15) is 5.82 Å². The lowest BCUT2D eigenvalue weighted by Crippen LogP contribution is -2.42. The molecule has 1 aromatic carbocycles. The number of aryl methyl sites for hydroxylation is 1. The molecule has 0 aromatic heterocycles. The molecular formula is C15H22FNO. The summed E-state index contributed by atoms with van der Waals surface area (Å²) < 4.78 is 18.4. The molecule has 0 saturated carbocycles. The summed E-state index contributed by atoms with van der Waals surface area (Å²) in [4.78, 5) is 0. The van der Waals surface area contributed by atoms with E-state index >= 15 is 0 Å². The number of halogens is 1. The van der Waals surface area contributed by atoms with Crippen LogP contribution in [0, 0.1) is 18.7 Å². The maximum Gasteiger partial charge on any atom is 0.123 e. The van der Waals surface area contributed by atoms with Crippen molar-refractivity contribution in [3.8, 4) is 0 Å². The quantitative estimate of drug-likeness (QED) is 0.888. The minimum Gasteiger partial charge on any atom is -0.381 e.